The quantitative estimate of drug-likeness (QED) is 0.512. The minimum absolute atomic E-state index is 0.536. The molecule has 3 nitrogen and oxygen atoms in total. The van der Waals surface area contributed by atoms with Gasteiger partial charge in [-0.05, 0) is 55.0 Å². The standard InChI is InChI=1S/C23H26N2O/c1-2-6-18-10-12-19(13-11-18)16-24-14-5-7-21(24)15-20-17-25(26)23-9-4-3-8-22(20)23/h2-4,8-13,17,21,26H,1,5-7,14-16H2/t21-/m0/s1. The molecular weight excluding hydrogens is 320 g/mol. The molecule has 0 amide bonds. The molecule has 1 N–H and O–H groups in total. The van der Waals surface area contributed by atoms with Crippen molar-refractivity contribution < 1.29 is 5.21 Å². The third-order valence-electron chi connectivity index (χ3n) is 5.52. The van der Waals surface area contributed by atoms with Crippen LogP contribution in [0.3, 0.4) is 0 Å². The van der Waals surface area contributed by atoms with E-state index in [2.05, 4.69) is 41.8 Å². The summed E-state index contributed by atoms with van der Waals surface area (Å²) in [5.41, 5.74) is 4.82. The molecule has 1 aliphatic rings. The van der Waals surface area contributed by atoms with E-state index in [1.165, 1.54) is 34.3 Å². The Balaban J connectivity index is 1.48. The summed E-state index contributed by atoms with van der Waals surface area (Å²) in [4.78, 5) is 2.59. The van der Waals surface area contributed by atoms with Gasteiger partial charge in [-0.25, -0.2) is 0 Å². The molecule has 3 heteroatoms. The van der Waals surface area contributed by atoms with Gasteiger partial charge in [0.25, 0.3) is 0 Å². The van der Waals surface area contributed by atoms with Crippen molar-refractivity contribution in [3.63, 3.8) is 0 Å². The topological polar surface area (TPSA) is 28.4 Å². The van der Waals surface area contributed by atoms with Crippen molar-refractivity contribution >= 4 is 10.9 Å². The van der Waals surface area contributed by atoms with Gasteiger partial charge in [0, 0.05) is 24.2 Å². The number of rotatable bonds is 6. The fourth-order valence-corrected chi connectivity index (χ4v) is 4.16. The highest BCUT2D eigenvalue weighted by Gasteiger charge is 2.25. The summed E-state index contributed by atoms with van der Waals surface area (Å²) in [6.45, 7) is 5.95. The summed E-state index contributed by atoms with van der Waals surface area (Å²) in [6, 6.07) is 17.5. The average Bonchev–Trinajstić information content (AvgIpc) is 3.22. The average molecular weight is 346 g/mol. The number of hydrogen-bond donors (Lipinski definition) is 1. The van der Waals surface area contributed by atoms with Crippen molar-refractivity contribution in [2.45, 2.75) is 38.3 Å². The summed E-state index contributed by atoms with van der Waals surface area (Å²) in [5, 5.41) is 11.3. The maximum absolute atomic E-state index is 10.1. The second kappa shape index (κ2) is 7.38. The van der Waals surface area contributed by atoms with Crippen LogP contribution in [-0.2, 0) is 19.4 Å². The highest BCUT2D eigenvalue weighted by Crippen LogP contribution is 2.27. The smallest absolute Gasteiger partial charge is 0.0868 e. The van der Waals surface area contributed by atoms with E-state index in [-0.39, 0.29) is 0 Å². The highest BCUT2D eigenvalue weighted by molar-refractivity contribution is 5.83. The van der Waals surface area contributed by atoms with Crippen LogP contribution >= 0.6 is 0 Å². The largest absolute Gasteiger partial charge is 0.428 e. The zero-order valence-corrected chi connectivity index (χ0v) is 15.1. The van der Waals surface area contributed by atoms with Crippen molar-refractivity contribution in [3.05, 3.63) is 84.1 Å². The first-order chi connectivity index (χ1) is 12.7. The molecule has 1 atom stereocenters. The predicted molar refractivity (Wildman–Crippen MR) is 107 cm³/mol. The lowest BCUT2D eigenvalue weighted by molar-refractivity contribution is 0.198. The van der Waals surface area contributed by atoms with Crippen molar-refractivity contribution in [3.8, 4) is 0 Å². The van der Waals surface area contributed by atoms with E-state index < -0.39 is 0 Å². The predicted octanol–water partition coefficient (Wildman–Crippen LogP) is 4.81. The maximum Gasteiger partial charge on any atom is 0.0868 e. The summed E-state index contributed by atoms with van der Waals surface area (Å²) in [6.07, 6.45) is 8.21. The van der Waals surface area contributed by atoms with Gasteiger partial charge in [-0.1, -0.05) is 48.5 Å². The Bertz CT molecular complexity index is 894. The monoisotopic (exact) mass is 346 g/mol. The number of aromatic nitrogens is 1. The van der Waals surface area contributed by atoms with Gasteiger partial charge in [-0.2, -0.15) is 4.73 Å². The number of nitrogens with zero attached hydrogens (tertiary/aromatic N) is 2. The number of benzene rings is 2. The van der Waals surface area contributed by atoms with Crippen LogP contribution in [0.25, 0.3) is 10.9 Å². The first-order valence-corrected chi connectivity index (χ1v) is 9.45. The van der Waals surface area contributed by atoms with E-state index in [9.17, 15) is 5.21 Å². The van der Waals surface area contributed by atoms with Crippen LogP contribution in [0, 0.1) is 0 Å². The molecule has 2 heterocycles. The molecule has 3 aromatic rings. The van der Waals surface area contributed by atoms with Crippen LogP contribution < -0.4 is 0 Å². The third-order valence-corrected chi connectivity index (χ3v) is 5.52. The molecule has 1 saturated heterocycles. The highest BCUT2D eigenvalue weighted by atomic mass is 16.5. The van der Waals surface area contributed by atoms with Gasteiger partial charge in [-0.15, -0.1) is 6.58 Å². The molecule has 1 aromatic heterocycles. The van der Waals surface area contributed by atoms with Gasteiger partial charge < -0.3 is 5.21 Å². The van der Waals surface area contributed by atoms with Gasteiger partial charge in [0.1, 0.15) is 0 Å². The number of fused-ring (bicyclic) bond motifs is 1. The molecule has 0 spiro atoms. The Morgan fingerprint density at radius 3 is 2.65 bits per heavy atom. The summed E-state index contributed by atoms with van der Waals surface area (Å²) in [7, 11) is 0. The fourth-order valence-electron chi connectivity index (χ4n) is 4.16. The lowest BCUT2D eigenvalue weighted by Crippen LogP contribution is -2.30. The van der Waals surface area contributed by atoms with Crippen LogP contribution in [0.1, 0.15) is 29.5 Å². The van der Waals surface area contributed by atoms with Crippen LogP contribution in [0.2, 0.25) is 0 Å². The van der Waals surface area contributed by atoms with E-state index in [4.69, 9.17) is 0 Å². The summed E-state index contributed by atoms with van der Waals surface area (Å²) in [5.74, 6) is 0. The van der Waals surface area contributed by atoms with E-state index in [0.717, 1.165) is 36.8 Å². The Morgan fingerprint density at radius 1 is 1.08 bits per heavy atom. The lowest BCUT2D eigenvalue weighted by atomic mass is 10.0. The molecule has 26 heavy (non-hydrogen) atoms. The van der Waals surface area contributed by atoms with Crippen LogP contribution in [0.15, 0.2) is 67.4 Å². The lowest BCUT2D eigenvalue weighted by Gasteiger charge is -2.24. The first-order valence-electron chi connectivity index (χ1n) is 9.45. The van der Waals surface area contributed by atoms with Crippen molar-refractivity contribution in [1.82, 2.24) is 9.63 Å². The van der Waals surface area contributed by atoms with Crippen LogP contribution in [0.5, 0.6) is 0 Å². The van der Waals surface area contributed by atoms with Crippen molar-refractivity contribution in [2.24, 2.45) is 0 Å². The minimum atomic E-state index is 0.536. The molecule has 2 aromatic carbocycles. The number of allylic oxidation sites excluding steroid dienone is 1. The SMILES string of the molecule is C=CCc1ccc(CN2CCC[C@H]2Cc2cn(O)c3ccccc23)cc1. The Kier molecular flexibility index (Phi) is 4.81. The third kappa shape index (κ3) is 3.40. The second-order valence-corrected chi connectivity index (χ2v) is 7.30. The summed E-state index contributed by atoms with van der Waals surface area (Å²) >= 11 is 0. The van der Waals surface area contributed by atoms with E-state index in [1.54, 1.807) is 0 Å². The Hall–Kier alpha value is -2.52. The molecule has 134 valence electrons. The molecule has 1 fully saturated rings. The maximum atomic E-state index is 10.1. The Labute approximate surface area is 155 Å². The molecule has 1 aliphatic heterocycles. The molecule has 0 aliphatic carbocycles. The number of hydrogen-bond acceptors (Lipinski definition) is 2. The van der Waals surface area contributed by atoms with Crippen molar-refractivity contribution in [1.29, 1.82) is 0 Å². The normalized spacial score (nSPS) is 17.8. The van der Waals surface area contributed by atoms with Crippen LogP contribution in [0.4, 0.5) is 0 Å². The molecule has 0 unspecified atom stereocenters. The molecule has 0 bridgehead atoms. The van der Waals surface area contributed by atoms with E-state index >= 15 is 0 Å². The minimum Gasteiger partial charge on any atom is -0.428 e. The molecule has 0 radical (unpaired) electrons. The number of para-hydroxylation sites is 1. The number of likely N-dealkylation sites (tertiary alicyclic amines) is 1. The molecule has 4 rings (SSSR count). The van der Waals surface area contributed by atoms with E-state index in [0.29, 0.717) is 6.04 Å². The van der Waals surface area contributed by atoms with Crippen LogP contribution in [-0.4, -0.2) is 27.4 Å². The molecule has 0 saturated carbocycles. The van der Waals surface area contributed by atoms with Gasteiger partial charge >= 0.3 is 0 Å². The summed E-state index contributed by atoms with van der Waals surface area (Å²) < 4.78 is 1.27. The fraction of sp³-hybridized carbons (Fsp3) is 0.304. The molecular formula is C23H26N2O. The van der Waals surface area contributed by atoms with Crippen molar-refractivity contribution in [2.75, 3.05) is 6.54 Å². The zero-order chi connectivity index (χ0) is 17.9. The van der Waals surface area contributed by atoms with Gasteiger partial charge in [-0.3, -0.25) is 4.90 Å². The Morgan fingerprint density at radius 2 is 1.85 bits per heavy atom. The zero-order valence-electron chi connectivity index (χ0n) is 15.1. The van der Waals surface area contributed by atoms with E-state index in [1.807, 2.05) is 30.5 Å². The second-order valence-electron chi connectivity index (χ2n) is 7.30. The first kappa shape index (κ1) is 16.9. The van der Waals surface area contributed by atoms with Gasteiger partial charge in [0.15, 0.2) is 0 Å². The van der Waals surface area contributed by atoms with Gasteiger partial charge in [0.05, 0.1) is 5.52 Å². The van der Waals surface area contributed by atoms with Gasteiger partial charge in [0.2, 0.25) is 0 Å².